The van der Waals surface area contributed by atoms with Crippen LogP contribution in [0.3, 0.4) is 0 Å². The number of halogens is 2. The molecule has 4 nitrogen and oxygen atoms in total. The molecule has 114 valence electrons. The molecule has 0 aliphatic carbocycles. The van der Waals surface area contributed by atoms with E-state index in [-0.39, 0.29) is 0 Å². The fourth-order valence-corrected chi connectivity index (χ4v) is 3.60. The highest BCUT2D eigenvalue weighted by Gasteiger charge is 2.16. The standard InChI is InChI=1S/C15H18Br2N2O2/c1-4-5-18-12-6-9(8-20-2)19-14-10(16)7-11(17)15(21-3)13(12)14/h6-7H,4-5,8H2,1-3H3,(H,18,19). The monoisotopic (exact) mass is 416 g/mol. The van der Waals surface area contributed by atoms with E-state index < -0.39 is 0 Å². The van der Waals surface area contributed by atoms with Gasteiger partial charge in [-0.25, -0.2) is 4.98 Å². The van der Waals surface area contributed by atoms with Crippen molar-refractivity contribution < 1.29 is 9.47 Å². The van der Waals surface area contributed by atoms with Crippen molar-refractivity contribution >= 4 is 48.5 Å². The van der Waals surface area contributed by atoms with Crippen LogP contribution in [0.15, 0.2) is 21.1 Å². The van der Waals surface area contributed by atoms with Crippen LogP contribution in [-0.2, 0) is 11.3 Å². The van der Waals surface area contributed by atoms with Gasteiger partial charge in [0.2, 0.25) is 0 Å². The van der Waals surface area contributed by atoms with E-state index in [2.05, 4.69) is 49.1 Å². The summed E-state index contributed by atoms with van der Waals surface area (Å²) in [5.74, 6) is 0.781. The summed E-state index contributed by atoms with van der Waals surface area (Å²) in [4.78, 5) is 4.67. The average Bonchev–Trinajstić information content (AvgIpc) is 2.46. The van der Waals surface area contributed by atoms with Gasteiger partial charge in [-0.15, -0.1) is 0 Å². The SMILES string of the molecule is CCCNc1cc(COC)nc2c(Br)cc(Br)c(OC)c12. The molecule has 1 aromatic carbocycles. The second kappa shape index (κ2) is 7.42. The van der Waals surface area contributed by atoms with Crippen molar-refractivity contribution in [1.29, 1.82) is 0 Å². The Morgan fingerprint density at radius 3 is 2.57 bits per heavy atom. The summed E-state index contributed by atoms with van der Waals surface area (Å²) < 4.78 is 12.6. The maximum atomic E-state index is 5.55. The van der Waals surface area contributed by atoms with Crippen molar-refractivity contribution in [2.75, 3.05) is 26.1 Å². The first-order valence-corrected chi connectivity index (χ1v) is 8.29. The number of anilines is 1. The van der Waals surface area contributed by atoms with E-state index in [0.29, 0.717) is 6.61 Å². The number of benzene rings is 1. The molecular formula is C15H18Br2N2O2. The summed E-state index contributed by atoms with van der Waals surface area (Å²) in [5, 5.41) is 4.41. The number of nitrogens with one attached hydrogen (secondary N) is 1. The normalized spacial score (nSPS) is 10.9. The van der Waals surface area contributed by atoms with Crippen LogP contribution in [-0.4, -0.2) is 25.7 Å². The molecule has 1 aromatic heterocycles. The smallest absolute Gasteiger partial charge is 0.144 e. The van der Waals surface area contributed by atoms with Crippen LogP contribution in [0.25, 0.3) is 10.9 Å². The lowest BCUT2D eigenvalue weighted by Gasteiger charge is -2.16. The van der Waals surface area contributed by atoms with Gasteiger partial charge in [0.15, 0.2) is 0 Å². The summed E-state index contributed by atoms with van der Waals surface area (Å²) >= 11 is 7.13. The number of pyridine rings is 1. The maximum absolute atomic E-state index is 5.55. The van der Waals surface area contributed by atoms with Crippen molar-refractivity contribution in [1.82, 2.24) is 4.98 Å². The van der Waals surface area contributed by atoms with Gasteiger partial charge in [0.1, 0.15) is 5.75 Å². The number of hydrogen-bond acceptors (Lipinski definition) is 4. The second-order valence-corrected chi connectivity index (χ2v) is 6.33. The molecule has 0 saturated heterocycles. The average molecular weight is 418 g/mol. The Morgan fingerprint density at radius 1 is 1.19 bits per heavy atom. The largest absolute Gasteiger partial charge is 0.495 e. The predicted octanol–water partition coefficient (Wildman–Crippen LogP) is 4.74. The molecule has 0 bridgehead atoms. The fourth-order valence-electron chi connectivity index (χ4n) is 2.19. The van der Waals surface area contributed by atoms with Gasteiger partial charge in [-0.3, -0.25) is 0 Å². The van der Waals surface area contributed by atoms with E-state index in [0.717, 1.165) is 49.9 Å². The Hall–Kier alpha value is -0.850. The maximum Gasteiger partial charge on any atom is 0.144 e. The highest BCUT2D eigenvalue weighted by molar-refractivity contribution is 9.11. The zero-order valence-corrected chi connectivity index (χ0v) is 15.5. The first-order chi connectivity index (χ1) is 10.1. The molecule has 0 spiro atoms. The van der Waals surface area contributed by atoms with Crippen LogP contribution in [0.4, 0.5) is 5.69 Å². The molecule has 0 unspecified atom stereocenters. The zero-order valence-electron chi connectivity index (χ0n) is 12.3. The summed E-state index contributed by atoms with van der Waals surface area (Å²) in [5.41, 5.74) is 2.75. The molecule has 1 heterocycles. The van der Waals surface area contributed by atoms with Gasteiger partial charge in [-0.2, -0.15) is 0 Å². The molecule has 0 aliphatic heterocycles. The van der Waals surface area contributed by atoms with Crippen LogP contribution in [0, 0.1) is 0 Å². The van der Waals surface area contributed by atoms with E-state index in [4.69, 9.17) is 9.47 Å². The lowest BCUT2D eigenvalue weighted by molar-refractivity contribution is 0.182. The van der Waals surface area contributed by atoms with E-state index in [9.17, 15) is 0 Å². The van der Waals surface area contributed by atoms with E-state index in [1.54, 1.807) is 14.2 Å². The van der Waals surface area contributed by atoms with E-state index in [1.807, 2.05) is 12.1 Å². The Balaban J connectivity index is 2.74. The molecule has 6 heteroatoms. The molecule has 0 fully saturated rings. The van der Waals surface area contributed by atoms with Gasteiger partial charge < -0.3 is 14.8 Å². The Bertz CT molecular complexity index is 647. The lowest BCUT2D eigenvalue weighted by atomic mass is 10.1. The van der Waals surface area contributed by atoms with E-state index in [1.165, 1.54) is 0 Å². The minimum Gasteiger partial charge on any atom is -0.495 e. The number of methoxy groups -OCH3 is 2. The van der Waals surface area contributed by atoms with Crippen molar-refractivity contribution in [3.05, 3.63) is 26.8 Å². The van der Waals surface area contributed by atoms with Gasteiger partial charge >= 0.3 is 0 Å². The molecular weight excluding hydrogens is 400 g/mol. The molecule has 0 amide bonds. The minimum absolute atomic E-state index is 0.474. The molecule has 21 heavy (non-hydrogen) atoms. The molecule has 1 N–H and O–H groups in total. The van der Waals surface area contributed by atoms with Crippen LogP contribution in [0.5, 0.6) is 5.75 Å². The molecule has 0 radical (unpaired) electrons. The Morgan fingerprint density at radius 2 is 1.95 bits per heavy atom. The quantitative estimate of drug-likeness (QED) is 0.737. The van der Waals surface area contributed by atoms with Crippen molar-refractivity contribution in [3.8, 4) is 5.75 Å². The molecule has 0 aliphatic rings. The first-order valence-electron chi connectivity index (χ1n) is 6.70. The summed E-state index contributed by atoms with van der Waals surface area (Å²) in [6.45, 7) is 3.50. The zero-order chi connectivity index (χ0) is 15.4. The predicted molar refractivity (Wildman–Crippen MR) is 93.2 cm³/mol. The van der Waals surface area contributed by atoms with Crippen LogP contribution in [0.1, 0.15) is 19.0 Å². The number of hydrogen-bond donors (Lipinski definition) is 1. The van der Waals surface area contributed by atoms with Gasteiger partial charge in [-0.1, -0.05) is 6.92 Å². The van der Waals surface area contributed by atoms with Crippen LogP contribution >= 0.6 is 31.9 Å². The molecule has 2 aromatic rings. The van der Waals surface area contributed by atoms with E-state index >= 15 is 0 Å². The molecule has 0 saturated carbocycles. The third-order valence-corrected chi connectivity index (χ3v) is 4.25. The number of nitrogens with zero attached hydrogens (tertiary/aromatic N) is 1. The van der Waals surface area contributed by atoms with Crippen molar-refractivity contribution in [2.24, 2.45) is 0 Å². The second-order valence-electron chi connectivity index (χ2n) is 4.62. The van der Waals surface area contributed by atoms with Crippen LogP contribution in [0.2, 0.25) is 0 Å². The topological polar surface area (TPSA) is 43.4 Å². The highest BCUT2D eigenvalue weighted by Crippen LogP contribution is 2.41. The van der Waals surface area contributed by atoms with Crippen molar-refractivity contribution in [3.63, 3.8) is 0 Å². The lowest BCUT2D eigenvalue weighted by Crippen LogP contribution is -2.04. The van der Waals surface area contributed by atoms with Gasteiger partial charge in [0.05, 0.1) is 34.8 Å². The van der Waals surface area contributed by atoms with Crippen LogP contribution < -0.4 is 10.1 Å². The third-order valence-electron chi connectivity index (χ3n) is 3.06. The molecule has 2 rings (SSSR count). The minimum atomic E-state index is 0.474. The first kappa shape index (κ1) is 16.5. The number of rotatable bonds is 6. The third kappa shape index (κ3) is 3.49. The van der Waals surface area contributed by atoms with Gasteiger partial charge in [0.25, 0.3) is 0 Å². The summed E-state index contributed by atoms with van der Waals surface area (Å²) in [6, 6.07) is 3.97. The molecule has 0 atom stereocenters. The summed E-state index contributed by atoms with van der Waals surface area (Å²) in [7, 11) is 3.34. The van der Waals surface area contributed by atoms with Gasteiger partial charge in [0, 0.05) is 23.8 Å². The summed E-state index contributed by atoms with van der Waals surface area (Å²) in [6.07, 6.45) is 1.04. The highest BCUT2D eigenvalue weighted by atomic mass is 79.9. The fraction of sp³-hybridized carbons (Fsp3) is 0.400. The number of ether oxygens (including phenoxy) is 2. The van der Waals surface area contributed by atoms with Crippen molar-refractivity contribution in [2.45, 2.75) is 20.0 Å². The Kier molecular flexibility index (Phi) is 5.84. The number of fused-ring (bicyclic) bond motifs is 1. The Labute approximate surface area is 141 Å². The van der Waals surface area contributed by atoms with Gasteiger partial charge in [-0.05, 0) is 50.4 Å². The number of aromatic nitrogens is 1.